The zero-order valence-electron chi connectivity index (χ0n) is 13.7. The van der Waals surface area contributed by atoms with E-state index in [0.29, 0.717) is 6.61 Å². The van der Waals surface area contributed by atoms with Crippen LogP contribution in [-0.2, 0) is 11.3 Å². The monoisotopic (exact) mass is 316 g/mol. The predicted octanol–water partition coefficient (Wildman–Crippen LogP) is 4.40. The molecule has 120 valence electrons. The van der Waals surface area contributed by atoms with Gasteiger partial charge in [0.1, 0.15) is 12.3 Å². The maximum absolute atomic E-state index is 5.61. The van der Waals surface area contributed by atoms with Crippen LogP contribution in [0.3, 0.4) is 0 Å². The van der Waals surface area contributed by atoms with Crippen molar-refractivity contribution in [2.24, 2.45) is 5.16 Å². The second-order valence-corrected chi connectivity index (χ2v) is 5.62. The Kier molecular flexibility index (Phi) is 5.36. The van der Waals surface area contributed by atoms with Crippen LogP contribution in [0.15, 0.2) is 84.3 Å². The highest BCUT2D eigenvalue weighted by Gasteiger charge is 2.08. The van der Waals surface area contributed by atoms with E-state index in [9.17, 15) is 0 Å². The highest BCUT2D eigenvalue weighted by atomic mass is 16.6. The summed E-state index contributed by atoms with van der Waals surface area (Å²) in [6.07, 6.45) is 4.40. The maximum atomic E-state index is 5.61. The molecule has 3 rings (SSSR count). The lowest BCUT2D eigenvalue weighted by Gasteiger charge is -2.08. The van der Waals surface area contributed by atoms with Gasteiger partial charge < -0.3 is 4.84 Å². The summed E-state index contributed by atoms with van der Waals surface area (Å²) in [6.45, 7) is 2.61. The molecule has 0 aliphatic rings. The number of pyridine rings is 1. The largest absolute Gasteiger partial charge is 0.395 e. The molecule has 0 aliphatic heterocycles. The fourth-order valence-electron chi connectivity index (χ4n) is 2.49. The van der Waals surface area contributed by atoms with Crippen LogP contribution < -0.4 is 0 Å². The Bertz CT molecular complexity index is 798. The van der Waals surface area contributed by atoms with Crippen LogP contribution in [-0.4, -0.2) is 17.3 Å². The molecule has 0 atom stereocenters. The van der Waals surface area contributed by atoms with Gasteiger partial charge in [0.25, 0.3) is 0 Å². The molecule has 0 spiro atoms. The first-order valence-corrected chi connectivity index (χ1v) is 8.04. The van der Waals surface area contributed by atoms with Gasteiger partial charge in [-0.1, -0.05) is 59.3 Å². The first-order chi connectivity index (χ1) is 11.8. The van der Waals surface area contributed by atoms with E-state index in [4.69, 9.17) is 4.84 Å². The first-order valence-electron chi connectivity index (χ1n) is 8.04. The lowest BCUT2D eigenvalue weighted by atomic mass is 10.0. The fourth-order valence-corrected chi connectivity index (χ4v) is 2.49. The Balaban J connectivity index is 1.77. The Hall–Kier alpha value is -2.94. The van der Waals surface area contributed by atoms with Gasteiger partial charge in [-0.25, -0.2) is 0 Å². The van der Waals surface area contributed by atoms with Gasteiger partial charge in [-0.2, -0.15) is 0 Å². The molecule has 0 radical (unpaired) electrons. The highest BCUT2D eigenvalue weighted by Crippen LogP contribution is 2.12. The summed E-state index contributed by atoms with van der Waals surface area (Å²) in [4.78, 5) is 9.80. The van der Waals surface area contributed by atoms with Gasteiger partial charge in [-0.15, -0.1) is 0 Å². The Morgan fingerprint density at radius 2 is 1.79 bits per heavy atom. The normalized spacial score (nSPS) is 11.3. The minimum atomic E-state index is 0.541. The van der Waals surface area contributed by atoms with Crippen LogP contribution in [0.25, 0.3) is 0 Å². The summed E-state index contributed by atoms with van der Waals surface area (Å²) in [5.41, 5.74) is 5.21. The molecule has 3 heteroatoms. The summed E-state index contributed by atoms with van der Waals surface area (Å²) < 4.78 is 0. The number of oxime groups is 1. The molecule has 0 aliphatic carbocycles. The number of aryl methyl sites for hydroxylation is 1. The average Bonchev–Trinajstić information content (AvgIpc) is 2.63. The van der Waals surface area contributed by atoms with Crippen molar-refractivity contribution in [1.82, 2.24) is 4.98 Å². The zero-order chi connectivity index (χ0) is 16.6. The summed E-state index contributed by atoms with van der Waals surface area (Å²) in [5.74, 6) is 0. The topological polar surface area (TPSA) is 34.5 Å². The molecule has 0 bridgehead atoms. The van der Waals surface area contributed by atoms with Gasteiger partial charge in [-0.3, -0.25) is 4.98 Å². The van der Waals surface area contributed by atoms with Crippen molar-refractivity contribution >= 4 is 5.71 Å². The molecule has 1 heterocycles. The van der Waals surface area contributed by atoms with Crippen molar-refractivity contribution < 1.29 is 4.84 Å². The van der Waals surface area contributed by atoms with Crippen LogP contribution in [0.1, 0.15) is 22.3 Å². The van der Waals surface area contributed by atoms with Crippen LogP contribution in [0.4, 0.5) is 0 Å². The van der Waals surface area contributed by atoms with Gasteiger partial charge >= 0.3 is 0 Å². The summed E-state index contributed by atoms with van der Waals surface area (Å²) in [5, 5.41) is 4.40. The fraction of sp³-hybridized carbons (Fsp3) is 0.143. The van der Waals surface area contributed by atoms with Gasteiger partial charge in [0.2, 0.25) is 0 Å². The van der Waals surface area contributed by atoms with Gasteiger partial charge in [0.15, 0.2) is 0 Å². The third-order valence-corrected chi connectivity index (χ3v) is 3.71. The van der Waals surface area contributed by atoms with Crippen molar-refractivity contribution in [3.05, 3.63) is 101 Å². The van der Waals surface area contributed by atoms with Crippen molar-refractivity contribution in [1.29, 1.82) is 0 Å². The molecule has 0 unspecified atom stereocenters. The summed E-state index contributed by atoms with van der Waals surface area (Å²) in [7, 11) is 0. The van der Waals surface area contributed by atoms with Crippen LogP contribution in [0.2, 0.25) is 0 Å². The molecule has 1 aromatic heterocycles. The molecular weight excluding hydrogens is 296 g/mol. The number of hydrogen-bond acceptors (Lipinski definition) is 3. The van der Waals surface area contributed by atoms with Gasteiger partial charge in [0, 0.05) is 29.9 Å². The molecule has 0 saturated heterocycles. The smallest absolute Gasteiger partial charge is 0.121 e. The predicted molar refractivity (Wildman–Crippen MR) is 97.2 cm³/mol. The Morgan fingerprint density at radius 1 is 0.958 bits per heavy atom. The second-order valence-electron chi connectivity index (χ2n) is 5.62. The van der Waals surface area contributed by atoms with Gasteiger partial charge in [0.05, 0.1) is 0 Å². The van der Waals surface area contributed by atoms with Crippen LogP contribution in [0, 0.1) is 6.92 Å². The van der Waals surface area contributed by atoms with E-state index in [0.717, 1.165) is 23.3 Å². The Labute approximate surface area is 142 Å². The molecular formula is C21H20N2O. The summed E-state index contributed by atoms with van der Waals surface area (Å²) in [6, 6.07) is 22.4. The van der Waals surface area contributed by atoms with Crippen molar-refractivity contribution in [2.75, 3.05) is 6.61 Å². The lowest BCUT2D eigenvalue weighted by Crippen LogP contribution is -2.06. The zero-order valence-corrected chi connectivity index (χ0v) is 13.7. The standard InChI is InChI=1S/C21H20N2O/c1-17-7-5-10-19(15-17)21(20-11-6-13-22-16-20)23-24-14-12-18-8-3-2-4-9-18/h2-11,13,15-16H,12,14H2,1H3. The molecule has 2 aromatic carbocycles. The number of aromatic nitrogens is 1. The van der Waals surface area contributed by atoms with Crippen molar-refractivity contribution in [3.8, 4) is 0 Å². The van der Waals surface area contributed by atoms with E-state index in [1.54, 1.807) is 6.20 Å². The van der Waals surface area contributed by atoms with Crippen LogP contribution in [0.5, 0.6) is 0 Å². The number of benzene rings is 2. The lowest BCUT2D eigenvalue weighted by molar-refractivity contribution is 0.148. The minimum Gasteiger partial charge on any atom is -0.395 e. The second kappa shape index (κ2) is 8.06. The van der Waals surface area contributed by atoms with E-state index in [2.05, 4.69) is 41.3 Å². The number of nitrogens with zero attached hydrogens (tertiary/aromatic N) is 2. The molecule has 3 aromatic rings. The van der Waals surface area contributed by atoms with Gasteiger partial charge in [-0.05, 0) is 30.7 Å². The third-order valence-electron chi connectivity index (χ3n) is 3.71. The molecule has 24 heavy (non-hydrogen) atoms. The van der Waals surface area contributed by atoms with E-state index < -0.39 is 0 Å². The van der Waals surface area contributed by atoms with E-state index in [1.165, 1.54) is 11.1 Å². The number of hydrogen-bond donors (Lipinski definition) is 0. The van der Waals surface area contributed by atoms with E-state index >= 15 is 0 Å². The van der Waals surface area contributed by atoms with Crippen LogP contribution >= 0.6 is 0 Å². The molecule has 0 saturated carbocycles. The van der Waals surface area contributed by atoms with E-state index in [1.807, 2.05) is 48.7 Å². The highest BCUT2D eigenvalue weighted by molar-refractivity contribution is 6.12. The summed E-state index contributed by atoms with van der Waals surface area (Å²) >= 11 is 0. The quantitative estimate of drug-likeness (QED) is 0.384. The maximum Gasteiger partial charge on any atom is 0.121 e. The van der Waals surface area contributed by atoms with Crippen molar-refractivity contribution in [2.45, 2.75) is 13.3 Å². The average molecular weight is 316 g/mol. The van der Waals surface area contributed by atoms with E-state index in [-0.39, 0.29) is 0 Å². The number of rotatable bonds is 6. The molecule has 0 fully saturated rings. The minimum absolute atomic E-state index is 0.541. The third kappa shape index (κ3) is 4.29. The first kappa shape index (κ1) is 15.9. The molecule has 3 nitrogen and oxygen atoms in total. The molecule has 0 N–H and O–H groups in total. The Morgan fingerprint density at radius 3 is 2.54 bits per heavy atom. The van der Waals surface area contributed by atoms with Crippen molar-refractivity contribution in [3.63, 3.8) is 0 Å². The molecule has 0 amide bonds. The SMILES string of the molecule is Cc1cccc(C(=NOCCc2ccccc2)c2cccnc2)c1.